The number of rotatable bonds is 30. The third kappa shape index (κ3) is 20.8. The van der Waals surface area contributed by atoms with Gasteiger partial charge in [0.1, 0.15) is 0 Å². The number of ether oxygens (including phenoxy) is 4. The lowest BCUT2D eigenvalue weighted by atomic mass is 10.3. The topological polar surface area (TPSA) is 36.9 Å². The summed E-state index contributed by atoms with van der Waals surface area (Å²) >= 11 is 0. The van der Waals surface area contributed by atoms with Gasteiger partial charge < -0.3 is 18.9 Å². The molecule has 0 saturated carbocycles. The molecule has 0 atom stereocenters. The molecule has 0 aliphatic carbocycles. The van der Waals surface area contributed by atoms with Crippen LogP contribution in [0.15, 0.2) is 0 Å². The molecular formula is C28H62O4S3Si2. The Labute approximate surface area is 247 Å². The summed E-state index contributed by atoms with van der Waals surface area (Å²) < 4.78 is 26.2. The van der Waals surface area contributed by atoms with E-state index in [-0.39, 0.29) is 10.8 Å². The second kappa shape index (κ2) is 27.5. The summed E-state index contributed by atoms with van der Waals surface area (Å²) in [5, 5.41) is 0. The predicted octanol–water partition coefficient (Wildman–Crippen LogP) is 8.36. The lowest BCUT2D eigenvalue weighted by molar-refractivity contribution is -0.166. The van der Waals surface area contributed by atoms with Gasteiger partial charge in [-0.1, -0.05) is 127 Å². The highest BCUT2D eigenvalue weighted by Gasteiger charge is 2.34. The minimum atomic E-state index is -0.483. The first-order valence-corrected chi connectivity index (χ1v) is 22.8. The van der Waals surface area contributed by atoms with Gasteiger partial charge in [-0.15, -0.1) is 0 Å². The molecule has 0 aromatic carbocycles. The summed E-state index contributed by atoms with van der Waals surface area (Å²) in [6, 6.07) is 2.60. The zero-order valence-corrected chi connectivity index (χ0v) is 30.7. The molecule has 0 amide bonds. The molecular weight excluding hydrogens is 553 g/mol. The Hall–Kier alpha value is 1.32. The molecule has 224 valence electrons. The molecule has 0 radical (unpaired) electrons. The SMILES string of the molecule is CCCCOC(CSSSCC(OCCCC)(OCCCC)[SiH2]CCCC)(OCCCC)[SiH2]CCCC. The van der Waals surface area contributed by atoms with Crippen LogP contribution in [-0.4, -0.2) is 67.8 Å². The van der Waals surface area contributed by atoms with Crippen molar-refractivity contribution < 1.29 is 18.9 Å². The summed E-state index contributed by atoms with van der Waals surface area (Å²) in [6.07, 6.45) is 14.2. The Balaban J connectivity index is 5.15. The first kappa shape index (κ1) is 38.3. The second-order valence-electron chi connectivity index (χ2n) is 10.1. The first-order valence-electron chi connectivity index (χ1n) is 15.5. The van der Waals surface area contributed by atoms with Gasteiger partial charge in [0.2, 0.25) is 0 Å². The van der Waals surface area contributed by atoms with Crippen LogP contribution in [-0.2, 0) is 18.9 Å². The average Bonchev–Trinajstić information content (AvgIpc) is 2.89. The van der Waals surface area contributed by atoms with Gasteiger partial charge in [-0.2, -0.15) is 0 Å². The van der Waals surface area contributed by atoms with Gasteiger partial charge in [0, 0.05) is 26.4 Å². The molecule has 0 aromatic rings. The van der Waals surface area contributed by atoms with Crippen molar-refractivity contribution >= 4 is 50.5 Å². The quantitative estimate of drug-likeness (QED) is 0.0348. The van der Waals surface area contributed by atoms with Crippen molar-refractivity contribution in [2.24, 2.45) is 0 Å². The van der Waals surface area contributed by atoms with Gasteiger partial charge in [0.05, 0.1) is 30.5 Å². The first-order chi connectivity index (χ1) is 18.1. The Morgan fingerprint density at radius 2 is 0.757 bits per heavy atom. The van der Waals surface area contributed by atoms with Crippen LogP contribution in [0.5, 0.6) is 0 Å². The van der Waals surface area contributed by atoms with Gasteiger partial charge in [0.15, 0.2) is 10.8 Å². The van der Waals surface area contributed by atoms with Crippen LogP contribution in [0.2, 0.25) is 12.1 Å². The van der Waals surface area contributed by atoms with Crippen molar-refractivity contribution in [2.75, 3.05) is 37.9 Å². The molecule has 0 bridgehead atoms. The lowest BCUT2D eigenvalue weighted by Crippen LogP contribution is -2.46. The maximum Gasteiger partial charge on any atom is 0.154 e. The van der Waals surface area contributed by atoms with E-state index >= 15 is 0 Å². The third-order valence-electron chi connectivity index (χ3n) is 6.43. The van der Waals surface area contributed by atoms with E-state index in [2.05, 4.69) is 41.5 Å². The number of hydrogen-bond acceptors (Lipinski definition) is 7. The average molecular weight is 615 g/mol. The van der Waals surface area contributed by atoms with E-state index in [0.29, 0.717) is 0 Å². The third-order valence-corrected chi connectivity index (χ3v) is 16.0. The van der Waals surface area contributed by atoms with E-state index in [1.807, 2.05) is 31.4 Å². The molecule has 0 aromatic heterocycles. The maximum atomic E-state index is 6.56. The van der Waals surface area contributed by atoms with E-state index in [1.165, 1.54) is 63.5 Å². The Kier molecular flexibility index (Phi) is 28.5. The van der Waals surface area contributed by atoms with Crippen LogP contribution in [0.1, 0.15) is 119 Å². The lowest BCUT2D eigenvalue weighted by Gasteiger charge is -2.35. The molecule has 0 unspecified atom stereocenters. The summed E-state index contributed by atoms with van der Waals surface area (Å²) in [6.45, 7) is 16.8. The molecule has 0 spiro atoms. The molecule has 0 aliphatic heterocycles. The Morgan fingerprint density at radius 3 is 1.03 bits per heavy atom. The fourth-order valence-electron chi connectivity index (χ4n) is 3.84. The zero-order chi connectivity index (χ0) is 27.5. The molecule has 0 rings (SSSR count). The van der Waals surface area contributed by atoms with E-state index in [4.69, 9.17) is 18.9 Å². The molecule has 37 heavy (non-hydrogen) atoms. The molecule has 0 saturated heterocycles. The Morgan fingerprint density at radius 1 is 0.459 bits per heavy atom. The van der Waals surface area contributed by atoms with Crippen LogP contribution in [0, 0.1) is 0 Å². The van der Waals surface area contributed by atoms with Crippen molar-refractivity contribution in [3.8, 4) is 0 Å². The van der Waals surface area contributed by atoms with Gasteiger partial charge >= 0.3 is 0 Å². The largest absolute Gasteiger partial charge is 0.354 e. The Bertz CT molecular complexity index is 386. The second-order valence-corrected chi connectivity index (χ2v) is 18.9. The summed E-state index contributed by atoms with van der Waals surface area (Å²) in [5.74, 6) is 1.86. The molecule has 0 aliphatic rings. The highest BCUT2D eigenvalue weighted by molar-refractivity contribution is 9.09. The molecule has 0 heterocycles. The highest BCUT2D eigenvalue weighted by Crippen LogP contribution is 2.40. The zero-order valence-electron chi connectivity index (χ0n) is 25.4. The van der Waals surface area contributed by atoms with Crippen molar-refractivity contribution in [1.82, 2.24) is 0 Å². The van der Waals surface area contributed by atoms with Crippen molar-refractivity contribution in [3.63, 3.8) is 0 Å². The standard InChI is InChI=1S/C28H62O4S3Si2/c1-7-13-19-29-27(30-20-14-8-2,36-23-17-11-5)25-33-35-34-26-28(31-21-15-9-3,32-22-16-10-4)37-24-18-12-6/h7-26,36-37H2,1-6H3. The normalized spacial score (nSPS) is 13.1. The maximum absolute atomic E-state index is 6.56. The van der Waals surface area contributed by atoms with E-state index in [1.54, 1.807) is 0 Å². The van der Waals surface area contributed by atoms with E-state index in [9.17, 15) is 0 Å². The van der Waals surface area contributed by atoms with Gasteiger partial charge in [-0.25, -0.2) is 0 Å². The smallest absolute Gasteiger partial charge is 0.154 e. The fourth-order valence-corrected chi connectivity index (χ4v) is 14.1. The van der Waals surface area contributed by atoms with Crippen LogP contribution >= 0.6 is 31.4 Å². The highest BCUT2D eigenvalue weighted by atomic mass is 33.5. The molecule has 0 fully saturated rings. The minimum absolute atomic E-state index is 0.319. The van der Waals surface area contributed by atoms with E-state index < -0.39 is 19.0 Å². The van der Waals surface area contributed by atoms with E-state index in [0.717, 1.165) is 63.6 Å². The predicted molar refractivity (Wildman–Crippen MR) is 178 cm³/mol. The monoisotopic (exact) mass is 614 g/mol. The molecule has 0 N–H and O–H groups in total. The minimum Gasteiger partial charge on any atom is -0.354 e. The summed E-state index contributed by atoms with van der Waals surface area (Å²) in [7, 11) is 4.79. The number of hydrogen-bond donors (Lipinski definition) is 0. The van der Waals surface area contributed by atoms with Gasteiger partial charge in [-0.05, 0) is 35.5 Å². The summed E-state index contributed by atoms with van der Waals surface area (Å²) in [4.78, 5) is 0. The molecule has 9 heteroatoms. The van der Waals surface area contributed by atoms with Crippen LogP contribution in [0.3, 0.4) is 0 Å². The van der Waals surface area contributed by atoms with Crippen LogP contribution < -0.4 is 0 Å². The summed E-state index contributed by atoms with van der Waals surface area (Å²) in [5.41, 5.74) is -0.639. The van der Waals surface area contributed by atoms with Crippen LogP contribution in [0.4, 0.5) is 0 Å². The van der Waals surface area contributed by atoms with Crippen molar-refractivity contribution in [1.29, 1.82) is 0 Å². The number of unbranched alkanes of at least 4 members (excludes halogenated alkanes) is 6. The van der Waals surface area contributed by atoms with Gasteiger partial charge in [-0.3, -0.25) is 0 Å². The van der Waals surface area contributed by atoms with Crippen LogP contribution in [0.25, 0.3) is 0 Å². The van der Waals surface area contributed by atoms with Crippen molar-refractivity contribution in [2.45, 2.75) is 142 Å². The van der Waals surface area contributed by atoms with Gasteiger partial charge in [0.25, 0.3) is 0 Å². The fraction of sp³-hybridized carbons (Fsp3) is 1.00. The molecule has 4 nitrogen and oxygen atoms in total. The van der Waals surface area contributed by atoms with Crippen molar-refractivity contribution in [3.05, 3.63) is 0 Å².